The molecule has 5 heterocycles. The molecule has 6 rings (SSSR count). The Morgan fingerprint density at radius 3 is 2.52 bits per heavy atom. The van der Waals surface area contributed by atoms with Gasteiger partial charge in [-0.2, -0.15) is 15.3 Å². The summed E-state index contributed by atoms with van der Waals surface area (Å²) >= 11 is 0. The van der Waals surface area contributed by atoms with Crippen molar-refractivity contribution in [2.45, 2.75) is 65.8 Å². The first-order valence-electron chi connectivity index (χ1n) is 15.1. The largest absolute Gasteiger partial charge is 0.338 e. The number of anilines is 2. The van der Waals surface area contributed by atoms with Crippen LogP contribution in [0.4, 0.5) is 11.5 Å². The number of nitrogens with zero attached hydrogens (tertiary/aromatic N) is 8. The standard InChI is InChI=1S/C30H33N9.C4H6O/c1-4-6-7-12-37-18-23(17-33-37)27-11-14-39-29(27)30(32-20-35-39)36-24-8-9-26(21(3)15-24)25(5-2)22-10-13-38-28(16-22)31-19-34-38;1-3-4(2)5/h8-11,13-20,25H,4-7,12H2,1-3H3,(H,32,35,36);3H,1H2,2H3. The minimum absolute atomic E-state index is 0.0185. The van der Waals surface area contributed by atoms with Gasteiger partial charge in [0.15, 0.2) is 17.2 Å². The number of pyridine rings is 1. The quantitative estimate of drug-likeness (QED) is 0.126. The van der Waals surface area contributed by atoms with E-state index in [0.29, 0.717) is 0 Å². The van der Waals surface area contributed by atoms with Crippen LogP contribution in [0.1, 0.15) is 69.1 Å². The first-order valence-corrected chi connectivity index (χ1v) is 15.1. The Morgan fingerprint density at radius 1 is 1.00 bits per heavy atom. The molecule has 0 spiro atoms. The van der Waals surface area contributed by atoms with Crippen molar-refractivity contribution < 1.29 is 4.79 Å². The Kier molecular flexibility index (Phi) is 9.59. The minimum atomic E-state index is 0.0185. The molecule has 0 saturated carbocycles. The lowest BCUT2D eigenvalue weighted by Crippen LogP contribution is -2.05. The summed E-state index contributed by atoms with van der Waals surface area (Å²) in [6.45, 7) is 12.2. The van der Waals surface area contributed by atoms with Crippen LogP contribution in [0.25, 0.3) is 22.3 Å². The smallest absolute Gasteiger partial charge is 0.158 e. The van der Waals surface area contributed by atoms with E-state index in [1.54, 1.807) is 17.2 Å². The van der Waals surface area contributed by atoms with Crippen LogP contribution in [0.2, 0.25) is 0 Å². The Morgan fingerprint density at radius 2 is 1.77 bits per heavy atom. The third-order valence-electron chi connectivity index (χ3n) is 7.70. The first-order chi connectivity index (χ1) is 21.4. The van der Waals surface area contributed by atoms with Crippen LogP contribution in [0.5, 0.6) is 0 Å². The molecule has 0 saturated heterocycles. The highest BCUT2D eigenvalue weighted by atomic mass is 16.1. The Bertz CT molecular complexity index is 1880. The molecule has 1 unspecified atom stereocenters. The second-order valence-corrected chi connectivity index (χ2v) is 10.8. The molecule has 0 aliphatic carbocycles. The number of fused-ring (bicyclic) bond motifs is 2. The summed E-state index contributed by atoms with van der Waals surface area (Å²) in [6.07, 6.45) is 17.0. The monoisotopic (exact) mass is 589 g/mol. The Labute approximate surface area is 257 Å². The molecule has 5 aromatic heterocycles. The van der Waals surface area contributed by atoms with Gasteiger partial charge in [0.05, 0.1) is 6.20 Å². The molecule has 0 amide bonds. The summed E-state index contributed by atoms with van der Waals surface area (Å²) in [6, 6.07) is 12.9. The lowest BCUT2D eigenvalue weighted by molar-refractivity contribution is -0.112. The van der Waals surface area contributed by atoms with Crippen molar-refractivity contribution in [3.05, 3.63) is 103 Å². The molecular weight excluding hydrogens is 550 g/mol. The van der Waals surface area contributed by atoms with Gasteiger partial charge >= 0.3 is 0 Å². The second kappa shape index (κ2) is 13.9. The van der Waals surface area contributed by atoms with E-state index in [4.69, 9.17) is 0 Å². The zero-order valence-electron chi connectivity index (χ0n) is 25.8. The number of benzene rings is 1. The number of rotatable bonds is 11. The molecule has 0 aliphatic heterocycles. The predicted octanol–water partition coefficient (Wildman–Crippen LogP) is 7.18. The molecule has 1 N–H and O–H groups in total. The van der Waals surface area contributed by atoms with Crippen molar-refractivity contribution in [3.63, 3.8) is 0 Å². The fraction of sp³-hybridized carbons (Fsp3) is 0.294. The van der Waals surface area contributed by atoms with Crippen molar-refractivity contribution in [1.29, 1.82) is 0 Å². The number of aromatic nitrogens is 8. The van der Waals surface area contributed by atoms with Gasteiger partial charge in [-0.1, -0.05) is 39.3 Å². The number of allylic oxidation sites excluding steroid dienone is 1. The molecule has 10 nitrogen and oxygen atoms in total. The molecule has 0 bridgehead atoms. The average molecular weight is 590 g/mol. The second-order valence-electron chi connectivity index (χ2n) is 10.8. The highest BCUT2D eigenvalue weighted by Crippen LogP contribution is 2.34. The van der Waals surface area contributed by atoms with Gasteiger partial charge in [0.2, 0.25) is 0 Å². The van der Waals surface area contributed by atoms with Gasteiger partial charge in [-0.05, 0) is 79.8 Å². The zero-order valence-corrected chi connectivity index (χ0v) is 25.8. The van der Waals surface area contributed by atoms with Gasteiger partial charge in [0.1, 0.15) is 18.2 Å². The maximum atomic E-state index is 9.69. The molecule has 1 atom stereocenters. The van der Waals surface area contributed by atoms with Gasteiger partial charge in [0.25, 0.3) is 0 Å². The van der Waals surface area contributed by atoms with Gasteiger partial charge < -0.3 is 5.32 Å². The van der Waals surface area contributed by atoms with Crippen LogP contribution >= 0.6 is 0 Å². The lowest BCUT2D eigenvalue weighted by atomic mass is 9.87. The van der Waals surface area contributed by atoms with Crippen LogP contribution < -0.4 is 5.32 Å². The highest BCUT2D eigenvalue weighted by molar-refractivity contribution is 5.89. The van der Waals surface area contributed by atoms with Crippen LogP contribution in [0, 0.1) is 6.92 Å². The number of nitrogens with one attached hydrogen (secondary N) is 1. The van der Waals surface area contributed by atoms with Crippen molar-refractivity contribution >= 4 is 28.5 Å². The van der Waals surface area contributed by atoms with Crippen molar-refractivity contribution in [2.75, 3.05) is 5.32 Å². The predicted molar refractivity (Wildman–Crippen MR) is 174 cm³/mol. The highest BCUT2D eigenvalue weighted by Gasteiger charge is 2.17. The topological polar surface area (TPSA) is 107 Å². The van der Waals surface area contributed by atoms with Gasteiger partial charge in [-0.3, -0.25) is 9.48 Å². The van der Waals surface area contributed by atoms with Crippen LogP contribution in [0.15, 0.2) is 86.5 Å². The van der Waals surface area contributed by atoms with Crippen LogP contribution in [-0.4, -0.2) is 44.8 Å². The molecule has 0 radical (unpaired) electrons. The van der Waals surface area contributed by atoms with Crippen LogP contribution in [-0.2, 0) is 11.3 Å². The normalized spacial score (nSPS) is 11.7. The summed E-state index contributed by atoms with van der Waals surface area (Å²) in [5, 5.41) is 16.8. The van der Waals surface area contributed by atoms with E-state index < -0.39 is 0 Å². The number of unbranched alkanes of at least 4 members (excludes halogenated alkanes) is 2. The van der Waals surface area contributed by atoms with Crippen molar-refractivity contribution in [3.8, 4) is 11.1 Å². The number of aryl methyl sites for hydroxylation is 2. The zero-order chi connectivity index (χ0) is 31.1. The van der Waals surface area contributed by atoms with E-state index in [1.807, 2.05) is 27.8 Å². The molecule has 0 aliphatic rings. The van der Waals surface area contributed by atoms with E-state index in [-0.39, 0.29) is 11.7 Å². The molecule has 6 aromatic rings. The fourth-order valence-electron chi connectivity index (χ4n) is 5.39. The number of carbonyl (C=O) groups is 1. The Hall–Kier alpha value is -5.12. The summed E-state index contributed by atoms with van der Waals surface area (Å²) < 4.78 is 5.69. The molecule has 10 heteroatoms. The number of ketones is 1. The molecule has 0 fully saturated rings. The van der Waals surface area contributed by atoms with E-state index in [2.05, 4.69) is 101 Å². The van der Waals surface area contributed by atoms with Crippen molar-refractivity contribution in [2.24, 2.45) is 0 Å². The summed E-state index contributed by atoms with van der Waals surface area (Å²) in [5.74, 6) is 1.06. The van der Waals surface area contributed by atoms with Gasteiger partial charge in [0, 0.05) is 47.9 Å². The number of hydrogen-bond acceptors (Lipinski definition) is 7. The molecule has 44 heavy (non-hydrogen) atoms. The number of hydrogen-bond donors (Lipinski definition) is 1. The van der Waals surface area contributed by atoms with Gasteiger partial charge in [-0.15, -0.1) is 0 Å². The fourth-order valence-corrected chi connectivity index (χ4v) is 5.39. The third-order valence-corrected chi connectivity index (χ3v) is 7.70. The van der Waals surface area contributed by atoms with E-state index >= 15 is 0 Å². The third kappa shape index (κ3) is 6.75. The molecular formula is C34H39N9O. The lowest BCUT2D eigenvalue weighted by Gasteiger charge is -2.19. The molecule has 1 aromatic carbocycles. The van der Waals surface area contributed by atoms with Crippen molar-refractivity contribution in [1.82, 2.24) is 39.0 Å². The Balaban J connectivity index is 0.000000712. The first kappa shape index (κ1) is 30.3. The van der Waals surface area contributed by atoms with E-state index in [1.165, 1.54) is 42.5 Å². The summed E-state index contributed by atoms with van der Waals surface area (Å²) in [4.78, 5) is 18.7. The average Bonchev–Trinajstić information content (AvgIpc) is 3.79. The van der Waals surface area contributed by atoms with E-state index in [9.17, 15) is 4.79 Å². The summed E-state index contributed by atoms with van der Waals surface area (Å²) in [5.41, 5.74) is 8.68. The maximum absolute atomic E-state index is 9.69. The van der Waals surface area contributed by atoms with Crippen LogP contribution in [0.3, 0.4) is 0 Å². The molecule has 226 valence electrons. The summed E-state index contributed by atoms with van der Waals surface area (Å²) in [7, 11) is 0. The minimum Gasteiger partial charge on any atom is -0.338 e. The van der Waals surface area contributed by atoms with Gasteiger partial charge in [-0.25, -0.2) is 19.0 Å². The SMILES string of the molecule is C=CC(C)=O.CCCCCn1cc(-c2ccn3ncnc(Nc4ccc(C(CC)c5ccn6ncnc6c5)c(C)c4)c23)cn1. The number of carbonyl (C=O) groups excluding carboxylic acids is 1. The maximum Gasteiger partial charge on any atom is 0.158 e. The van der Waals surface area contributed by atoms with E-state index in [0.717, 1.165) is 53.2 Å².